The third kappa shape index (κ3) is 4.94. The lowest BCUT2D eigenvalue weighted by molar-refractivity contribution is -0.125. The van der Waals surface area contributed by atoms with Crippen molar-refractivity contribution in [2.75, 3.05) is 13.6 Å². The Morgan fingerprint density at radius 3 is 2.33 bits per heavy atom. The van der Waals surface area contributed by atoms with Crippen LogP contribution < -0.4 is 10.6 Å². The molecule has 0 aliphatic heterocycles. The van der Waals surface area contributed by atoms with Crippen LogP contribution in [0.5, 0.6) is 0 Å². The van der Waals surface area contributed by atoms with Gasteiger partial charge in [-0.2, -0.15) is 0 Å². The summed E-state index contributed by atoms with van der Waals surface area (Å²) in [5, 5.41) is 5.71. The lowest BCUT2D eigenvalue weighted by Gasteiger charge is -2.27. The zero-order valence-electron chi connectivity index (χ0n) is 15.5. The summed E-state index contributed by atoms with van der Waals surface area (Å²) in [6.07, 6.45) is 3.63. The van der Waals surface area contributed by atoms with Gasteiger partial charge >= 0.3 is 0 Å². The Morgan fingerprint density at radius 2 is 1.67 bits per heavy atom. The molecular formula is C22H25FN2O2. The highest BCUT2D eigenvalue weighted by Gasteiger charge is 2.25. The van der Waals surface area contributed by atoms with Crippen LogP contribution in [0.3, 0.4) is 0 Å². The smallest absolute Gasteiger partial charge is 0.251 e. The molecule has 0 saturated heterocycles. The van der Waals surface area contributed by atoms with Crippen molar-refractivity contribution >= 4 is 11.8 Å². The molecule has 0 atom stereocenters. The average Bonchev–Trinajstić information content (AvgIpc) is 2.72. The number of hydrogen-bond donors (Lipinski definition) is 2. The van der Waals surface area contributed by atoms with Crippen LogP contribution >= 0.6 is 0 Å². The molecule has 0 heterocycles. The second-order valence-corrected chi connectivity index (χ2v) is 7.13. The normalized spacial score (nSPS) is 19.3. The molecule has 0 spiro atoms. The lowest BCUT2D eigenvalue weighted by atomic mass is 9.81. The molecule has 142 valence electrons. The molecule has 2 amide bonds. The molecule has 0 bridgehead atoms. The van der Waals surface area contributed by atoms with E-state index in [1.54, 1.807) is 25.2 Å². The minimum absolute atomic E-state index is 0.102. The molecule has 0 aromatic heterocycles. The maximum Gasteiger partial charge on any atom is 0.251 e. The lowest BCUT2D eigenvalue weighted by Crippen LogP contribution is -2.34. The molecule has 1 aliphatic carbocycles. The Hall–Kier alpha value is -2.69. The van der Waals surface area contributed by atoms with Gasteiger partial charge in [-0.3, -0.25) is 9.59 Å². The van der Waals surface area contributed by atoms with Crippen LogP contribution in [-0.4, -0.2) is 25.4 Å². The van der Waals surface area contributed by atoms with Gasteiger partial charge in [0.2, 0.25) is 5.91 Å². The largest absolute Gasteiger partial charge is 0.359 e. The van der Waals surface area contributed by atoms with E-state index in [0.717, 1.165) is 36.8 Å². The van der Waals surface area contributed by atoms with Gasteiger partial charge in [-0.25, -0.2) is 4.39 Å². The van der Waals surface area contributed by atoms with E-state index in [9.17, 15) is 14.0 Å². The molecular weight excluding hydrogens is 343 g/mol. The number of halogens is 1. The minimum atomic E-state index is -0.297. The van der Waals surface area contributed by atoms with Crippen LogP contribution in [0.4, 0.5) is 4.39 Å². The zero-order chi connectivity index (χ0) is 19.2. The van der Waals surface area contributed by atoms with Crippen LogP contribution in [0.1, 0.15) is 36.0 Å². The van der Waals surface area contributed by atoms with Crippen molar-refractivity contribution in [2.45, 2.75) is 25.7 Å². The van der Waals surface area contributed by atoms with E-state index >= 15 is 0 Å². The van der Waals surface area contributed by atoms with Gasteiger partial charge in [0, 0.05) is 25.1 Å². The first-order valence-corrected chi connectivity index (χ1v) is 9.42. The average molecular weight is 368 g/mol. The van der Waals surface area contributed by atoms with Crippen LogP contribution in [0, 0.1) is 17.7 Å². The summed E-state index contributed by atoms with van der Waals surface area (Å²) < 4.78 is 13.4. The van der Waals surface area contributed by atoms with Gasteiger partial charge in [0.15, 0.2) is 0 Å². The first-order chi connectivity index (χ1) is 13.1. The summed E-state index contributed by atoms with van der Waals surface area (Å²) in [5.41, 5.74) is 2.13. The second-order valence-electron chi connectivity index (χ2n) is 7.13. The highest BCUT2D eigenvalue weighted by molar-refractivity contribution is 5.95. The van der Waals surface area contributed by atoms with Crippen molar-refractivity contribution < 1.29 is 14.0 Å². The van der Waals surface area contributed by atoms with Gasteiger partial charge in [0.05, 0.1) is 0 Å². The fraction of sp³-hybridized carbons (Fsp3) is 0.364. The summed E-state index contributed by atoms with van der Waals surface area (Å²) in [6.45, 7) is 0.615. The van der Waals surface area contributed by atoms with Gasteiger partial charge < -0.3 is 10.6 Å². The Kier molecular flexibility index (Phi) is 6.22. The van der Waals surface area contributed by atoms with E-state index in [2.05, 4.69) is 10.6 Å². The van der Waals surface area contributed by atoms with Crippen LogP contribution in [0.15, 0.2) is 48.5 Å². The number of benzene rings is 2. The standard InChI is InChI=1S/C22H25FN2O2/c1-24-21(26)16-10-8-15(9-11-16)14-25-22(27)19-6-2-4-17(12-19)18-5-3-7-20(23)13-18/h2-7,12-13,15-16H,8-11,14H2,1H3,(H,24,26)(H,25,27). The van der Waals surface area contributed by atoms with Crippen LogP contribution in [-0.2, 0) is 4.79 Å². The van der Waals surface area contributed by atoms with Gasteiger partial charge in [-0.05, 0) is 67.0 Å². The summed E-state index contributed by atoms with van der Waals surface area (Å²) in [5.74, 6) is 0.203. The quantitative estimate of drug-likeness (QED) is 0.844. The molecule has 0 radical (unpaired) electrons. The highest BCUT2D eigenvalue weighted by atomic mass is 19.1. The van der Waals surface area contributed by atoms with Crippen LogP contribution in [0.2, 0.25) is 0 Å². The number of nitrogens with one attached hydrogen (secondary N) is 2. The predicted octanol–water partition coefficient (Wildman–Crippen LogP) is 3.77. The van der Waals surface area contributed by atoms with Crippen LogP contribution in [0.25, 0.3) is 11.1 Å². The molecule has 3 rings (SSSR count). The molecule has 2 aromatic rings. The number of hydrogen-bond acceptors (Lipinski definition) is 2. The Labute approximate surface area is 159 Å². The summed E-state index contributed by atoms with van der Waals surface area (Å²) >= 11 is 0. The summed E-state index contributed by atoms with van der Waals surface area (Å²) in [4.78, 5) is 24.2. The third-order valence-electron chi connectivity index (χ3n) is 5.30. The van der Waals surface area contributed by atoms with Crippen molar-refractivity contribution in [1.82, 2.24) is 10.6 Å². The number of amides is 2. The SMILES string of the molecule is CNC(=O)C1CCC(CNC(=O)c2cccc(-c3cccc(F)c3)c2)CC1. The Balaban J connectivity index is 1.56. The molecule has 5 heteroatoms. The third-order valence-corrected chi connectivity index (χ3v) is 5.30. The predicted molar refractivity (Wildman–Crippen MR) is 104 cm³/mol. The van der Waals surface area contributed by atoms with Gasteiger partial charge in [0.25, 0.3) is 5.91 Å². The maximum atomic E-state index is 13.4. The van der Waals surface area contributed by atoms with Gasteiger partial charge in [-0.1, -0.05) is 24.3 Å². The van der Waals surface area contributed by atoms with E-state index in [1.807, 2.05) is 18.2 Å². The molecule has 0 unspecified atom stereocenters. The molecule has 27 heavy (non-hydrogen) atoms. The van der Waals surface area contributed by atoms with Crippen molar-refractivity contribution in [3.05, 3.63) is 59.9 Å². The fourth-order valence-corrected chi connectivity index (χ4v) is 3.68. The molecule has 1 fully saturated rings. The first kappa shape index (κ1) is 19.1. The van der Waals surface area contributed by atoms with E-state index in [4.69, 9.17) is 0 Å². The van der Waals surface area contributed by atoms with Gasteiger partial charge in [-0.15, -0.1) is 0 Å². The van der Waals surface area contributed by atoms with E-state index < -0.39 is 0 Å². The number of rotatable bonds is 5. The fourth-order valence-electron chi connectivity index (χ4n) is 3.68. The highest BCUT2D eigenvalue weighted by Crippen LogP contribution is 2.28. The maximum absolute atomic E-state index is 13.4. The Bertz CT molecular complexity index is 813. The first-order valence-electron chi connectivity index (χ1n) is 9.42. The number of carbonyl (C=O) groups excluding carboxylic acids is 2. The summed E-state index contributed by atoms with van der Waals surface area (Å²) in [7, 11) is 1.67. The van der Waals surface area contributed by atoms with Crippen molar-refractivity contribution in [2.24, 2.45) is 11.8 Å². The molecule has 1 saturated carbocycles. The van der Waals surface area contributed by atoms with Gasteiger partial charge in [0.1, 0.15) is 5.82 Å². The van der Waals surface area contributed by atoms with Crippen molar-refractivity contribution in [3.8, 4) is 11.1 Å². The van der Waals surface area contributed by atoms with E-state index in [1.165, 1.54) is 12.1 Å². The topological polar surface area (TPSA) is 58.2 Å². The molecule has 4 nitrogen and oxygen atoms in total. The van der Waals surface area contributed by atoms with E-state index in [-0.39, 0.29) is 23.5 Å². The number of carbonyl (C=O) groups is 2. The minimum Gasteiger partial charge on any atom is -0.359 e. The monoisotopic (exact) mass is 368 g/mol. The zero-order valence-corrected chi connectivity index (χ0v) is 15.5. The van der Waals surface area contributed by atoms with E-state index in [0.29, 0.717) is 18.0 Å². The summed E-state index contributed by atoms with van der Waals surface area (Å²) in [6, 6.07) is 13.6. The molecule has 1 aliphatic rings. The Morgan fingerprint density at radius 1 is 1.00 bits per heavy atom. The van der Waals surface area contributed by atoms with Crippen molar-refractivity contribution in [1.29, 1.82) is 0 Å². The molecule has 2 aromatic carbocycles. The second kappa shape index (κ2) is 8.80. The van der Waals surface area contributed by atoms with Crippen molar-refractivity contribution in [3.63, 3.8) is 0 Å². The molecule has 2 N–H and O–H groups in total.